The SMILES string of the molecule is CCOC(=O)Cc1csc(NN=Cc2cccc(OCc3c(F)cccc3F)c2)n1. The molecule has 0 radical (unpaired) electrons. The summed E-state index contributed by atoms with van der Waals surface area (Å²) < 4.78 is 37.8. The molecule has 0 aliphatic heterocycles. The average molecular weight is 431 g/mol. The fourth-order valence-electron chi connectivity index (χ4n) is 2.47. The second-order valence-electron chi connectivity index (χ2n) is 6.06. The van der Waals surface area contributed by atoms with Crippen LogP contribution in [0.4, 0.5) is 13.9 Å². The molecule has 0 aliphatic carbocycles. The maximum atomic E-state index is 13.7. The summed E-state index contributed by atoms with van der Waals surface area (Å²) in [6.45, 7) is 1.86. The van der Waals surface area contributed by atoms with Crippen molar-refractivity contribution in [2.45, 2.75) is 20.0 Å². The number of rotatable bonds is 9. The summed E-state index contributed by atoms with van der Waals surface area (Å²) in [5.74, 6) is -1.18. The number of esters is 1. The number of anilines is 1. The first-order valence-electron chi connectivity index (χ1n) is 9.10. The van der Waals surface area contributed by atoms with Crippen molar-refractivity contribution in [3.63, 3.8) is 0 Å². The highest BCUT2D eigenvalue weighted by molar-refractivity contribution is 7.13. The number of hydrogen-bond donors (Lipinski definition) is 1. The van der Waals surface area contributed by atoms with E-state index in [1.807, 2.05) is 0 Å². The molecule has 1 N–H and O–H groups in total. The van der Waals surface area contributed by atoms with E-state index in [1.165, 1.54) is 29.5 Å². The summed E-state index contributed by atoms with van der Waals surface area (Å²) in [4.78, 5) is 15.7. The van der Waals surface area contributed by atoms with Gasteiger partial charge in [-0.05, 0) is 36.8 Å². The van der Waals surface area contributed by atoms with Crippen molar-refractivity contribution in [3.05, 3.63) is 76.3 Å². The Morgan fingerprint density at radius 2 is 2.00 bits per heavy atom. The number of aromatic nitrogens is 1. The maximum Gasteiger partial charge on any atom is 0.311 e. The third-order valence-corrected chi connectivity index (χ3v) is 4.66. The van der Waals surface area contributed by atoms with E-state index in [-0.39, 0.29) is 24.6 Å². The number of carbonyl (C=O) groups is 1. The highest BCUT2D eigenvalue weighted by atomic mass is 32.1. The predicted molar refractivity (Wildman–Crippen MR) is 111 cm³/mol. The summed E-state index contributed by atoms with van der Waals surface area (Å²) >= 11 is 1.32. The second-order valence-corrected chi connectivity index (χ2v) is 6.92. The molecule has 0 bridgehead atoms. The summed E-state index contributed by atoms with van der Waals surface area (Å²) in [6.07, 6.45) is 1.67. The van der Waals surface area contributed by atoms with Crippen molar-refractivity contribution in [1.29, 1.82) is 0 Å². The largest absolute Gasteiger partial charge is 0.489 e. The molecule has 0 amide bonds. The topological polar surface area (TPSA) is 72.8 Å². The van der Waals surface area contributed by atoms with E-state index in [2.05, 4.69) is 15.5 Å². The van der Waals surface area contributed by atoms with Gasteiger partial charge in [0.25, 0.3) is 0 Å². The number of carbonyl (C=O) groups excluding carboxylic acids is 1. The molecule has 0 spiro atoms. The number of nitrogens with zero attached hydrogens (tertiary/aromatic N) is 2. The Bertz CT molecular complexity index is 1020. The molecule has 1 aromatic heterocycles. The Hall–Kier alpha value is -3.33. The van der Waals surface area contributed by atoms with Gasteiger partial charge < -0.3 is 9.47 Å². The van der Waals surface area contributed by atoms with Crippen LogP contribution in [0.2, 0.25) is 0 Å². The molecule has 9 heteroatoms. The lowest BCUT2D eigenvalue weighted by atomic mass is 10.2. The summed E-state index contributed by atoms with van der Waals surface area (Å²) in [7, 11) is 0. The van der Waals surface area contributed by atoms with Crippen LogP contribution in [-0.4, -0.2) is 23.8 Å². The van der Waals surface area contributed by atoms with Gasteiger partial charge in [-0.15, -0.1) is 11.3 Å². The zero-order valence-electron chi connectivity index (χ0n) is 16.1. The minimum atomic E-state index is -0.650. The van der Waals surface area contributed by atoms with Crippen LogP contribution in [0.15, 0.2) is 52.9 Å². The average Bonchev–Trinajstić information content (AvgIpc) is 3.15. The molecular weight excluding hydrogens is 412 g/mol. The van der Waals surface area contributed by atoms with Crippen LogP contribution in [0.3, 0.4) is 0 Å². The lowest BCUT2D eigenvalue weighted by Crippen LogP contribution is -2.07. The van der Waals surface area contributed by atoms with Gasteiger partial charge in [-0.3, -0.25) is 10.2 Å². The highest BCUT2D eigenvalue weighted by Gasteiger charge is 2.09. The first kappa shape index (κ1) is 21.4. The van der Waals surface area contributed by atoms with Gasteiger partial charge in [0.05, 0.1) is 30.5 Å². The summed E-state index contributed by atoms with van der Waals surface area (Å²) in [6, 6.07) is 10.6. The number of halogens is 2. The zero-order valence-corrected chi connectivity index (χ0v) is 16.9. The minimum Gasteiger partial charge on any atom is -0.489 e. The van der Waals surface area contributed by atoms with E-state index in [0.717, 1.165) is 5.56 Å². The van der Waals surface area contributed by atoms with Crippen molar-refractivity contribution in [3.8, 4) is 5.75 Å². The fourth-order valence-corrected chi connectivity index (χ4v) is 3.13. The Balaban J connectivity index is 1.55. The van der Waals surface area contributed by atoms with Crippen molar-refractivity contribution in [2.75, 3.05) is 12.0 Å². The molecule has 6 nitrogen and oxygen atoms in total. The molecule has 0 unspecified atom stereocenters. The van der Waals surface area contributed by atoms with Gasteiger partial charge in [0.1, 0.15) is 24.0 Å². The van der Waals surface area contributed by atoms with Gasteiger partial charge >= 0.3 is 5.97 Å². The van der Waals surface area contributed by atoms with Crippen molar-refractivity contribution in [1.82, 2.24) is 4.98 Å². The molecule has 2 aromatic carbocycles. The van der Waals surface area contributed by atoms with E-state index >= 15 is 0 Å². The Morgan fingerprint density at radius 3 is 2.77 bits per heavy atom. The van der Waals surface area contributed by atoms with Gasteiger partial charge in [0, 0.05) is 5.38 Å². The summed E-state index contributed by atoms with van der Waals surface area (Å²) in [5, 5.41) is 6.40. The van der Waals surface area contributed by atoms with E-state index < -0.39 is 11.6 Å². The van der Waals surface area contributed by atoms with E-state index in [1.54, 1.807) is 42.8 Å². The Kier molecular flexibility index (Phi) is 7.45. The van der Waals surface area contributed by atoms with E-state index in [4.69, 9.17) is 9.47 Å². The first-order valence-corrected chi connectivity index (χ1v) is 9.98. The number of hydrazone groups is 1. The minimum absolute atomic E-state index is 0.109. The Labute approximate surface area is 176 Å². The number of ether oxygens (including phenoxy) is 2. The third kappa shape index (κ3) is 6.08. The molecule has 30 heavy (non-hydrogen) atoms. The van der Waals surface area contributed by atoms with Crippen LogP contribution in [0.1, 0.15) is 23.7 Å². The van der Waals surface area contributed by atoms with Crippen LogP contribution in [-0.2, 0) is 22.6 Å². The van der Waals surface area contributed by atoms with Gasteiger partial charge in [-0.2, -0.15) is 5.10 Å². The lowest BCUT2D eigenvalue weighted by molar-refractivity contribution is -0.142. The standard InChI is InChI=1S/C21H19F2N3O3S/c1-2-28-20(27)10-15-13-30-21(25-15)26-24-11-14-5-3-6-16(9-14)29-12-17-18(22)7-4-8-19(17)23/h3-9,11,13H,2,10,12H2,1H3,(H,25,26). The van der Waals surface area contributed by atoms with Crippen LogP contribution < -0.4 is 10.2 Å². The van der Waals surface area contributed by atoms with Gasteiger partial charge in [0.2, 0.25) is 5.13 Å². The second kappa shape index (κ2) is 10.4. The zero-order chi connectivity index (χ0) is 21.3. The maximum absolute atomic E-state index is 13.7. The van der Waals surface area contributed by atoms with Gasteiger partial charge in [-0.1, -0.05) is 18.2 Å². The quantitative estimate of drug-likeness (QED) is 0.306. The van der Waals surface area contributed by atoms with Gasteiger partial charge in [0.15, 0.2) is 0 Å². The number of nitrogens with one attached hydrogen (secondary N) is 1. The molecule has 3 rings (SSSR count). The fraction of sp³-hybridized carbons (Fsp3) is 0.190. The van der Waals surface area contributed by atoms with Crippen LogP contribution in [0.5, 0.6) is 5.75 Å². The molecule has 1 heterocycles. The molecule has 156 valence electrons. The van der Waals surface area contributed by atoms with E-state index in [0.29, 0.717) is 23.2 Å². The molecule has 0 saturated carbocycles. The number of benzene rings is 2. The van der Waals surface area contributed by atoms with Crippen LogP contribution in [0.25, 0.3) is 0 Å². The number of hydrogen-bond acceptors (Lipinski definition) is 7. The van der Waals surface area contributed by atoms with Gasteiger partial charge in [-0.25, -0.2) is 13.8 Å². The Morgan fingerprint density at radius 1 is 1.23 bits per heavy atom. The molecule has 3 aromatic rings. The molecule has 0 aliphatic rings. The van der Waals surface area contributed by atoms with Crippen molar-refractivity contribution >= 4 is 28.7 Å². The molecular formula is C21H19F2N3O3S. The third-order valence-electron chi connectivity index (χ3n) is 3.86. The van der Waals surface area contributed by atoms with Crippen LogP contribution >= 0.6 is 11.3 Å². The summed E-state index contributed by atoms with van der Waals surface area (Å²) in [5.41, 5.74) is 3.99. The number of thiazole rings is 1. The molecule has 0 atom stereocenters. The lowest BCUT2D eigenvalue weighted by Gasteiger charge is -2.08. The molecule has 0 saturated heterocycles. The van der Waals surface area contributed by atoms with Crippen molar-refractivity contribution in [2.24, 2.45) is 5.10 Å². The first-order chi connectivity index (χ1) is 14.5. The van der Waals surface area contributed by atoms with Crippen molar-refractivity contribution < 1.29 is 23.0 Å². The molecule has 0 fully saturated rings. The highest BCUT2D eigenvalue weighted by Crippen LogP contribution is 2.19. The van der Waals surface area contributed by atoms with E-state index in [9.17, 15) is 13.6 Å². The monoisotopic (exact) mass is 431 g/mol. The normalized spacial score (nSPS) is 10.9. The predicted octanol–water partition coefficient (Wildman–Crippen LogP) is 4.55. The van der Waals surface area contributed by atoms with Crippen LogP contribution in [0, 0.1) is 11.6 Å². The smallest absolute Gasteiger partial charge is 0.311 e.